The van der Waals surface area contributed by atoms with Gasteiger partial charge in [0.25, 0.3) is 0 Å². The van der Waals surface area contributed by atoms with Crippen molar-refractivity contribution in [2.45, 2.75) is 33.6 Å². The zero-order valence-corrected chi connectivity index (χ0v) is 7.39. The number of carbonyl (C=O) groups is 1. The minimum absolute atomic E-state index is 0.551. The highest BCUT2D eigenvalue weighted by Crippen LogP contribution is 1.82. The molecule has 0 heterocycles. The van der Waals surface area contributed by atoms with Gasteiger partial charge in [0.05, 0.1) is 0 Å². The summed E-state index contributed by atoms with van der Waals surface area (Å²) in [7, 11) is 0. The number of unbranched alkanes of at least 4 members (excludes halogenated alkanes) is 1. The lowest BCUT2D eigenvalue weighted by atomic mass is 10.3. The summed E-state index contributed by atoms with van der Waals surface area (Å²) in [5, 5.41) is 10.0. The molecule has 0 saturated heterocycles. The van der Waals surface area contributed by atoms with E-state index in [1.165, 1.54) is 0 Å². The predicted octanol–water partition coefficient (Wildman–Crippen LogP) is 2.01. The topological polar surface area (TPSA) is 58.6 Å². The lowest BCUT2D eigenvalue weighted by molar-refractivity contribution is -0.177. The van der Waals surface area contributed by atoms with Crippen LogP contribution in [0.25, 0.3) is 0 Å². The van der Waals surface area contributed by atoms with Gasteiger partial charge in [-0.25, -0.2) is 4.79 Å². The van der Waals surface area contributed by atoms with Crippen LogP contribution in [0.15, 0.2) is 0 Å². The quantitative estimate of drug-likeness (QED) is 0.380. The molecule has 68 valence electrons. The number of hydrogen-bond donors (Lipinski definition) is 2. The van der Waals surface area contributed by atoms with Crippen LogP contribution < -0.4 is 5.32 Å². The second-order valence-electron chi connectivity index (χ2n) is 1.66. The van der Waals surface area contributed by atoms with E-state index in [1.807, 2.05) is 20.8 Å². The van der Waals surface area contributed by atoms with Crippen LogP contribution >= 0.6 is 0 Å². The molecule has 11 heavy (non-hydrogen) atoms. The summed E-state index contributed by atoms with van der Waals surface area (Å²) in [5.74, 6) is 0. The monoisotopic (exact) mass is 163 g/mol. The van der Waals surface area contributed by atoms with Gasteiger partial charge in [0, 0.05) is 6.54 Å². The second-order valence-corrected chi connectivity index (χ2v) is 1.66. The van der Waals surface area contributed by atoms with Crippen LogP contribution in [0, 0.1) is 0 Å². The highest BCUT2D eigenvalue weighted by Gasteiger charge is 1.95. The van der Waals surface area contributed by atoms with E-state index in [2.05, 4.69) is 10.2 Å². The molecule has 0 spiro atoms. The van der Waals surface area contributed by atoms with Crippen LogP contribution in [0.3, 0.4) is 0 Å². The molecule has 0 aromatic rings. The standard InChI is InChI=1S/C5H11NO3.C2H6/c1-2-3-4-6-5(7)9-8;1-2/h8H,2-4H2,1H3,(H,6,7);1-2H3. The number of nitrogens with one attached hydrogen (secondary N) is 1. The predicted molar refractivity (Wildman–Crippen MR) is 43.4 cm³/mol. The normalized spacial score (nSPS) is 7.64. The van der Waals surface area contributed by atoms with Gasteiger partial charge in [0.1, 0.15) is 0 Å². The van der Waals surface area contributed by atoms with Crippen molar-refractivity contribution >= 4 is 6.09 Å². The number of hydrogen-bond acceptors (Lipinski definition) is 3. The van der Waals surface area contributed by atoms with E-state index < -0.39 is 6.09 Å². The Bertz CT molecular complexity index is 85.8. The van der Waals surface area contributed by atoms with E-state index in [-0.39, 0.29) is 0 Å². The third kappa shape index (κ3) is 12.4. The summed E-state index contributed by atoms with van der Waals surface area (Å²) >= 11 is 0. The first-order valence-electron chi connectivity index (χ1n) is 3.90. The maximum Gasteiger partial charge on any atom is 0.438 e. The lowest BCUT2D eigenvalue weighted by Gasteiger charge is -1.97. The summed E-state index contributed by atoms with van der Waals surface area (Å²) in [5.41, 5.74) is 0. The summed E-state index contributed by atoms with van der Waals surface area (Å²) < 4.78 is 0. The maximum atomic E-state index is 10.1. The largest absolute Gasteiger partial charge is 0.438 e. The van der Waals surface area contributed by atoms with Gasteiger partial charge in [-0.2, -0.15) is 5.26 Å². The second kappa shape index (κ2) is 12.0. The average molecular weight is 163 g/mol. The van der Waals surface area contributed by atoms with Crippen LogP contribution in [0.5, 0.6) is 0 Å². The van der Waals surface area contributed by atoms with Crippen molar-refractivity contribution < 1.29 is 14.9 Å². The molecule has 0 saturated carbocycles. The summed E-state index contributed by atoms with van der Waals surface area (Å²) in [6, 6.07) is 0. The van der Waals surface area contributed by atoms with Gasteiger partial charge in [-0.15, -0.1) is 0 Å². The summed E-state index contributed by atoms with van der Waals surface area (Å²) in [4.78, 5) is 13.5. The molecule has 4 heteroatoms. The molecular formula is C7H17NO3. The highest BCUT2D eigenvalue weighted by atomic mass is 17.1. The zero-order chi connectivity index (χ0) is 9.11. The minimum atomic E-state index is -0.788. The fourth-order valence-corrected chi connectivity index (χ4v) is 0.400. The first-order valence-corrected chi connectivity index (χ1v) is 3.90. The Kier molecular flexibility index (Phi) is 14.0. The molecular weight excluding hydrogens is 146 g/mol. The average Bonchev–Trinajstić information content (AvgIpc) is 2.08. The van der Waals surface area contributed by atoms with Crippen molar-refractivity contribution in [2.75, 3.05) is 6.54 Å². The van der Waals surface area contributed by atoms with E-state index in [0.29, 0.717) is 6.54 Å². The van der Waals surface area contributed by atoms with Crippen LogP contribution in [0.4, 0.5) is 4.79 Å². The number of amides is 1. The van der Waals surface area contributed by atoms with Crippen molar-refractivity contribution in [1.29, 1.82) is 0 Å². The van der Waals surface area contributed by atoms with Crippen molar-refractivity contribution in [1.82, 2.24) is 5.32 Å². The molecule has 4 nitrogen and oxygen atoms in total. The zero-order valence-electron chi connectivity index (χ0n) is 7.39. The molecule has 0 fully saturated rings. The molecule has 0 aliphatic heterocycles. The number of carbonyl (C=O) groups excluding carboxylic acids is 1. The van der Waals surface area contributed by atoms with Gasteiger partial charge >= 0.3 is 6.09 Å². The third-order valence-corrected chi connectivity index (χ3v) is 0.883. The van der Waals surface area contributed by atoms with Gasteiger partial charge in [0.2, 0.25) is 0 Å². The van der Waals surface area contributed by atoms with Gasteiger partial charge in [-0.05, 0) is 6.42 Å². The Balaban J connectivity index is 0. The molecule has 0 aromatic heterocycles. The molecule has 0 bridgehead atoms. The molecule has 2 N–H and O–H groups in total. The molecule has 0 atom stereocenters. The third-order valence-electron chi connectivity index (χ3n) is 0.883. The van der Waals surface area contributed by atoms with Gasteiger partial charge in [-0.1, -0.05) is 27.2 Å². The van der Waals surface area contributed by atoms with Crippen molar-refractivity contribution in [3.63, 3.8) is 0 Å². The lowest BCUT2D eigenvalue weighted by Crippen LogP contribution is -2.23. The molecule has 0 unspecified atom stereocenters. The fraction of sp³-hybridized carbons (Fsp3) is 0.857. The van der Waals surface area contributed by atoms with E-state index in [4.69, 9.17) is 5.26 Å². The fourth-order valence-electron chi connectivity index (χ4n) is 0.400. The Morgan fingerprint density at radius 1 is 1.55 bits per heavy atom. The van der Waals surface area contributed by atoms with Gasteiger partial charge in [-0.3, -0.25) is 4.89 Å². The van der Waals surface area contributed by atoms with E-state index in [0.717, 1.165) is 12.8 Å². The molecule has 0 aliphatic rings. The molecule has 0 rings (SSSR count). The van der Waals surface area contributed by atoms with E-state index in [9.17, 15) is 4.79 Å². The van der Waals surface area contributed by atoms with Gasteiger partial charge in [0.15, 0.2) is 0 Å². The summed E-state index contributed by atoms with van der Waals surface area (Å²) in [6.45, 7) is 6.56. The van der Waals surface area contributed by atoms with Gasteiger partial charge < -0.3 is 5.32 Å². The Morgan fingerprint density at radius 3 is 2.45 bits per heavy atom. The first kappa shape index (κ1) is 12.9. The first-order chi connectivity index (χ1) is 5.31. The van der Waals surface area contributed by atoms with Crippen molar-refractivity contribution in [2.24, 2.45) is 0 Å². The van der Waals surface area contributed by atoms with Crippen LogP contribution in [-0.2, 0) is 4.89 Å². The van der Waals surface area contributed by atoms with E-state index >= 15 is 0 Å². The molecule has 0 aliphatic carbocycles. The van der Waals surface area contributed by atoms with Crippen LogP contribution in [-0.4, -0.2) is 17.9 Å². The summed E-state index contributed by atoms with van der Waals surface area (Å²) in [6.07, 6.45) is 1.12. The maximum absolute atomic E-state index is 10.1. The molecule has 1 amide bonds. The van der Waals surface area contributed by atoms with E-state index in [1.54, 1.807) is 0 Å². The Hall–Kier alpha value is -0.770. The highest BCUT2D eigenvalue weighted by molar-refractivity contribution is 5.66. The minimum Gasteiger partial charge on any atom is -0.319 e. The molecule has 0 aromatic carbocycles. The van der Waals surface area contributed by atoms with Crippen LogP contribution in [0.1, 0.15) is 33.6 Å². The van der Waals surface area contributed by atoms with Crippen molar-refractivity contribution in [3.05, 3.63) is 0 Å². The Labute approximate surface area is 67.5 Å². The molecule has 0 radical (unpaired) electrons. The SMILES string of the molecule is CC.CCCCNC(=O)OO. The van der Waals surface area contributed by atoms with Crippen LogP contribution in [0.2, 0.25) is 0 Å². The smallest absolute Gasteiger partial charge is 0.319 e. The van der Waals surface area contributed by atoms with Crippen molar-refractivity contribution in [3.8, 4) is 0 Å². The Morgan fingerprint density at radius 2 is 2.09 bits per heavy atom. The number of rotatable bonds is 3.